The molecule has 0 saturated carbocycles. The van der Waals surface area contributed by atoms with Crippen molar-refractivity contribution in [2.75, 3.05) is 26.4 Å². The number of carbonyl (C=O) groups excluding carboxylic acids is 3. The lowest BCUT2D eigenvalue weighted by molar-refractivity contribution is -0.161. The van der Waals surface area contributed by atoms with Crippen molar-refractivity contribution < 1.29 is 52.2 Å². The molecular weight excluding hydrogens is 808 g/mol. The van der Waals surface area contributed by atoms with Crippen molar-refractivity contribution in [1.82, 2.24) is 0 Å². The molecular formula is C50H81O11P. The van der Waals surface area contributed by atoms with E-state index in [2.05, 4.69) is 87.6 Å². The number of hydrogen-bond acceptors (Lipinski definition) is 10. The zero-order valence-corrected chi connectivity index (χ0v) is 39.2. The van der Waals surface area contributed by atoms with Gasteiger partial charge in [0, 0.05) is 19.3 Å². The third-order valence-corrected chi connectivity index (χ3v) is 9.98. The first-order valence-electron chi connectivity index (χ1n) is 23.1. The summed E-state index contributed by atoms with van der Waals surface area (Å²) in [4.78, 5) is 47.9. The number of allylic oxidation sites excluding steroid dienone is 16. The quantitative estimate of drug-likeness (QED) is 0.0198. The van der Waals surface area contributed by atoms with Gasteiger partial charge in [0.05, 0.1) is 19.8 Å². The molecule has 0 saturated heterocycles. The largest absolute Gasteiger partial charge is 0.472 e. The Kier molecular flexibility index (Phi) is 41.5. The average molecular weight is 889 g/mol. The van der Waals surface area contributed by atoms with Gasteiger partial charge < -0.3 is 24.2 Å². The maximum Gasteiger partial charge on any atom is 0.472 e. The first-order valence-corrected chi connectivity index (χ1v) is 24.6. The standard InChI is InChI=1S/C50H81O11P/c1-4-7-10-13-16-19-21-23-25-28-30-33-36-39-48(52)57-43-47(61-50(54)41-38-35-32-29-26-24-22-20-17-14-11-8-5-2)45-59-62(55,56)58-44-46(42-51)60-49(53)40-37-34-31-27-18-15-12-9-6-3/h7-8,10-11,16-17,19-20,23-26,30,32-33,35,46-47,51H,4-6,9,12-15,18,21-22,27-29,31,34,36-45H2,1-3H3,(H,55,56)/b10-7-,11-8-,19-16-,20-17-,25-23-,26-24-,33-30-,35-32-. The number of unbranched alkanes of at least 4 members (excludes halogenated alkanes) is 8. The highest BCUT2D eigenvalue weighted by molar-refractivity contribution is 7.47. The minimum atomic E-state index is -4.77. The van der Waals surface area contributed by atoms with Gasteiger partial charge in [0.1, 0.15) is 12.7 Å². The summed E-state index contributed by atoms with van der Waals surface area (Å²) in [6, 6.07) is 0. The molecule has 0 fully saturated rings. The van der Waals surface area contributed by atoms with Crippen molar-refractivity contribution in [3.63, 3.8) is 0 Å². The van der Waals surface area contributed by atoms with E-state index in [1.54, 1.807) is 0 Å². The highest BCUT2D eigenvalue weighted by atomic mass is 31.2. The number of aliphatic hydroxyl groups is 1. The van der Waals surface area contributed by atoms with Crippen LogP contribution in [0.5, 0.6) is 0 Å². The number of rotatable bonds is 41. The lowest BCUT2D eigenvalue weighted by atomic mass is 10.1. The van der Waals surface area contributed by atoms with E-state index in [-0.39, 0.29) is 19.3 Å². The van der Waals surface area contributed by atoms with Crippen LogP contribution in [-0.2, 0) is 42.2 Å². The van der Waals surface area contributed by atoms with Crippen LogP contribution in [0.1, 0.15) is 162 Å². The van der Waals surface area contributed by atoms with E-state index in [9.17, 15) is 28.9 Å². The average Bonchev–Trinajstić information content (AvgIpc) is 3.25. The van der Waals surface area contributed by atoms with Gasteiger partial charge in [0.2, 0.25) is 0 Å². The Labute approximate surface area is 374 Å². The summed E-state index contributed by atoms with van der Waals surface area (Å²) < 4.78 is 38.9. The summed E-state index contributed by atoms with van der Waals surface area (Å²) in [6.45, 7) is 4.16. The van der Waals surface area contributed by atoms with Crippen LogP contribution in [0.15, 0.2) is 97.2 Å². The van der Waals surface area contributed by atoms with Crippen LogP contribution in [0, 0.1) is 0 Å². The molecule has 62 heavy (non-hydrogen) atoms. The van der Waals surface area contributed by atoms with Gasteiger partial charge in [-0.15, -0.1) is 0 Å². The van der Waals surface area contributed by atoms with Crippen LogP contribution in [0.4, 0.5) is 0 Å². The highest BCUT2D eigenvalue weighted by Gasteiger charge is 2.28. The summed E-state index contributed by atoms with van der Waals surface area (Å²) in [6.07, 6.45) is 48.7. The molecule has 0 radical (unpaired) electrons. The van der Waals surface area contributed by atoms with Crippen LogP contribution in [0.25, 0.3) is 0 Å². The number of ether oxygens (including phenoxy) is 3. The van der Waals surface area contributed by atoms with E-state index in [1.165, 1.54) is 32.1 Å². The summed E-state index contributed by atoms with van der Waals surface area (Å²) in [5.74, 6) is -1.68. The fraction of sp³-hybridized carbons (Fsp3) is 0.620. The minimum Gasteiger partial charge on any atom is -0.462 e. The maximum atomic E-state index is 12.8. The molecule has 0 aliphatic heterocycles. The Bertz CT molecular complexity index is 1410. The number of aliphatic hydroxyl groups excluding tert-OH is 1. The second kappa shape index (κ2) is 44.0. The zero-order valence-electron chi connectivity index (χ0n) is 38.3. The second-order valence-corrected chi connectivity index (χ2v) is 16.3. The van der Waals surface area contributed by atoms with Gasteiger partial charge in [-0.25, -0.2) is 4.57 Å². The predicted octanol–water partition coefficient (Wildman–Crippen LogP) is 12.6. The molecule has 0 heterocycles. The lowest BCUT2D eigenvalue weighted by Crippen LogP contribution is -2.30. The van der Waals surface area contributed by atoms with Crippen molar-refractivity contribution in [2.45, 2.75) is 174 Å². The molecule has 3 atom stereocenters. The number of esters is 3. The van der Waals surface area contributed by atoms with Crippen molar-refractivity contribution >= 4 is 25.7 Å². The number of hydrogen-bond donors (Lipinski definition) is 2. The molecule has 12 heteroatoms. The van der Waals surface area contributed by atoms with Crippen molar-refractivity contribution in [1.29, 1.82) is 0 Å². The second-order valence-electron chi connectivity index (χ2n) is 14.8. The molecule has 0 aromatic heterocycles. The lowest BCUT2D eigenvalue weighted by Gasteiger charge is -2.21. The van der Waals surface area contributed by atoms with Crippen LogP contribution < -0.4 is 0 Å². The van der Waals surface area contributed by atoms with Crippen LogP contribution >= 0.6 is 7.82 Å². The molecule has 3 unspecified atom stereocenters. The van der Waals surface area contributed by atoms with Gasteiger partial charge in [-0.1, -0.05) is 169 Å². The smallest absolute Gasteiger partial charge is 0.462 e. The zero-order chi connectivity index (χ0) is 45.6. The molecule has 0 amide bonds. The Morgan fingerprint density at radius 1 is 0.468 bits per heavy atom. The van der Waals surface area contributed by atoms with Crippen LogP contribution in [0.2, 0.25) is 0 Å². The third-order valence-electron chi connectivity index (χ3n) is 9.03. The fourth-order valence-electron chi connectivity index (χ4n) is 5.56. The van der Waals surface area contributed by atoms with Crippen molar-refractivity contribution in [3.05, 3.63) is 97.2 Å². The molecule has 0 aliphatic carbocycles. The Hall–Kier alpha value is -3.60. The molecule has 0 aromatic carbocycles. The highest BCUT2D eigenvalue weighted by Crippen LogP contribution is 2.43. The van der Waals surface area contributed by atoms with E-state index in [4.69, 9.17) is 23.3 Å². The van der Waals surface area contributed by atoms with Crippen molar-refractivity contribution in [2.24, 2.45) is 0 Å². The van der Waals surface area contributed by atoms with Gasteiger partial charge in [-0.3, -0.25) is 23.4 Å². The van der Waals surface area contributed by atoms with E-state index in [0.29, 0.717) is 25.7 Å². The molecule has 0 spiro atoms. The molecule has 0 aromatic rings. The van der Waals surface area contributed by atoms with E-state index < -0.39 is 64.4 Å². The number of phosphoric acid groups is 1. The summed E-state index contributed by atoms with van der Waals surface area (Å²) in [7, 11) is -4.77. The number of carbonyl (C=O) groups is 3. The van der Waals surface area contributed by atoms with Crippen molar-refractivity contribution in [3.8, 4) is 0 Å². The van der Waals surface area contributed by atoms with E-state index in [0.717, 1.165) is 64.2 Å². The fourth-order valence-corrected chi connectivity index (χ4v) is 6.34. The number of phosphoric ester groups is 1. The van der Waals surface area contributed by atoms with Gasteiger partial charge in [0.15, 0.2) is 6.10 Å². The van der Waals surface area contributed by atoms with Gasteiger partial charge in [-0.2, -0.15) is 0 Å². The Morgan fingerprint density at radius 2 is 0.839 bits per heavy atom. The summed E-state index contributed by atoms with van der Waals surface area (Å²) >= 11 is 0. The molecule has 0 rings (SSSR count). The molecule has 352 valence electrons. The van der Waals surface area contributed by atoms with Gasteiger partial charge in [0.25, 0.3) is 0 Å². The molecule has 0 aliphatic rings. The van der Waals surface area contributed by atoms with Gasteiger partial charge >= 0.3 is 25.7 Å². The first kappa shape index (κ1) is 58.4. The molecule has 11 nitrogen and oxygen atoms in total. The first-order chi connectivity index (χ1) is 30.2. The SMILES string of the molecule is CC/C=C\C/C=C\C/C=C\C/C=C\CCC(=O)OCC(COP(=O)(O)OCC(CO)OC(=O)CCCCCCCCCCC)OC(=O)CC/C=C\C/C=C\C/C=C\C/C=C\CC. The molecule has 2 N–H and O–H groups in total. The summed E-state index contributed by atoms with van der Waals surface area (Å²) in [5.41, 5.74) is 0. The maximum absolute atomic E-state index is 12.8. The van der Waals surface area contributed by atoms with Crippen LogP contribution in [-0.4, -0.2) is 66.5 Å². The summed E-state index contributed by atoms with van der Waals surface area (Å²) in [5, 5.41) is 9.71. The predicted molar refractivity (Wildman–Crippen MR) is 251 cm³/mol. The monoisotopic (exact) mass is 889 g/mol. The minimum absolute atomic E-state index is 0.0282. The van der Waals surface area contributed by atoms with Gasteiger partial charge in [-0.05, 0) is 70.6 Å². The molecule has 0 bridgehead atoms. The topological polar surface area (TPSA) is 155 Å². The Balaban J connectivity index is 4.97. The van der Waals surface area contributed by atoms with Crippen LogP contribution in [0.3, 0.4) is 0 Å². The Morgan fingerprint density at radius 3 is 1.29 bits per heavy atom. The third kappa shape index (κ3) is 41.7. The normalized spacial score (nSPS) is 14.5. The van der Waals surface area contributed by atoms with E-state index in [1.807, 2.05) is 30.4 Å². The van der Waals surface area contributed by atoms with E-state index >= 15 is 0 Å².